The van der Waals surface area contributed by atoms with Gasteiger partial charge in [-0.25, -0.2) is 0 Å². The molecule has 1 aliphatic heterocycles. The Morgan fingerprint density at radius 2 is 1.56 bits per heavy atom. The average molecular weight is 241 g/mol. The summed E-state index contributed by atoms with van der Waals surface area (Å²) in [5, 5.41) is 0. The quantitative estimate of drug-likeness (QED) is 0.433. The Balaban J connectivity index is 0.000000640. The number of hydrogen-bond acceptors (Lipinski definition) is 0. The van der Waals surface area contributed by atoms with Crippen molar-refractivity contribution in [1.82, 2.24) is 0 Å². The number of quaternary nitrogens is 1. The van der Waals surface area contributed by atoms with Gasteiger partial charge < -0.3 is 28.9 Å². The smallest absolute Gasteiger partial charge is 0.0891 e. The van der Waals surface area contributed by atoms with Gasteiger partial charge in [-0.3, -0.25) is 0 Å². The molecule has 0 aromatic rings. The van der Waals surface area contributed by atoms with Gasteiger partial charge in [-0.1, -0.05) is 0 Å². The molecule has 2 heteroatoms. The first kappa shape index (κ1) is 9.69. The van der Waals surface area contributed by atoms with Crippen LogP contribution >= 0.6 is 0 Å². The molecule has 1 N–H and O–H groups in total. The SMILES string of the molecule is CC(C)(C)[NH+]1CCC1.[I-]. The molecule has 0 bridgehead atoms. The van der Waals surface area contributed by atoms with Crippen LogP contribution < -0.4 is 28.9 Å². The van der Waals surface area contributed by atoms with E-state index in [1.54, 1.807) is 4.90 Å². The zero-order valence-corrected chi connectivity index (χ0v) is 8.66. The predicted molar refractivity (Wildman–Crippen MR) is 35.1 cm³/mol. The lowest BCUT2D eigenvalue weighted by molar-refractivity contribution is -0.982. The molecule has 56 valence electrons. The van der Waals surface area contributed by atoms with Crippen LogP contribution in [0.1, 0.15) is 27.2 Å². The summed E-state index contributed by atoms with van der Waals surface area (Å²) in [5.74, 6) is 0. The van der Waals surface area contributed by atoms with Gasteiger partial charge in [0.15, 0.2) is 0 Å². The molecule has 0 radical (unpaired) electrons. The highest BCUT2D eigenvalue weighted by molar-refractivity contribution is 4.60. The van der Waals surface area contributed by atoms with Crippen LogP contribution in [0.3, 0.4) is 0 Å². The lowest BCUT2D eigenvalue weighted by Crippen LogP contribution is -3.23. The maximum atomic E-state index is 2.31. The van der Waals surface area contributed by atoms with Crippen molar-refractivity contribution >= 4 is 0 Å². The third kappa shape index (κ3) is 2.42. The van der Waals surface area contributed by atoms with E-state index in [1.807, 2.05) is 0 Å². The molecule has 0 saturated carbocycles. The van der Waals surface area contributed by atoms with Crippen LogP contribution in [0.5, 0.6) is 0 Å². The molecule has 0 spiro atoms. The van der Waals surface area contributed by atoms with Gasteiger partial charge in [-0.2, -0.15) is 0 Å². The van der Waals surface area contributed by atoms with Gasteiger partial charge in [0, 0.05) is 6.42 Å². The molecular weight excluding hydrogens is 225 g/mol. The fraction of sp³-hybridized carbons (Fsp3) is 1.00. The van der Waals surface area contributed by atoms with Gasteiger partial charge in [-0.05, 0) is 20.8 Å². The van der Waals surface area contributed by atoms with E-state index in [-0.39, 0.29) is 24.0 Å². The second kappa shape index (κ2) is 3.19. The summed E-state index contributed by atoms with van der Waals surface area (Å²) >= 11 is 0. The van der Waals surface area contributed by atoms with E-state index in [4.69, 9.17) is 0 Å². The highest BCUT2D eigenvalue weighted by Gasteiger charge is 2.30. The maximum Gasteiger partial charge on any atom is 0.0891 e. The standard InChI is InChI=1S/C7H15N.HI/c1-7(2,3)8-5-4-6-8;/h4-6H2,1-3H3;1H. The van der Waals surface area contributed by atoms with Crippen molar-refractivity contribution in [3.05, 3.63) is 0 Å². The van der Waals surface area contributed by atoms with Crippen LogP contribution in [-0.2, 0) is 0 Å². The van der Waals surface area contributed by atoms with Crippen molar-refractivity contribution in [2.24, 2.45) is 0 Å². The van der Waals surface area contributed by atoms with E-state index in [9.17, 15) is 0 Å². The summed E-state index contributed by atoms with van der Waals surface area (Å²) in [6.45, 7) is 9.71. The summed E-state index contributed by atoms with van der Waals surface area (Å²) in [4.78, 5) is 1.76. The Hall–Kier alpha value is 0.690. The summed E-state index contributed by atoms with van der Waals surface area (Å²) < 4.78 is 0. The van der Waals surface area contributed by atoms with Gasteiger partial charge in [0.2, 0.25) is 0 Å². The zero-order valence-electron chi connectivity index (χ0n) is 6.50. The van der Waals surface area contributed by atoms with Crippen LogP contribution in [0.4, 0.5) is 0 Å². The number of nitrogens with one attached hydrogen (secondary N) is 1. The van der Waals surface area contributed by atoms with Gasteiger partial charge in [0.05, 0.1) is 18.6 Å². The minimum Gasteiger partial charge on any atom is -1.00 e. The Bertz CT molecular complexity index is 81.4. The molecule has 0 aromatic carbocycles. The Kier molecular flexibility index (Phi) is 3.44. The number of hydrogen-bond donors (Lipinski definition) is 1. The van der Waals surface area contributed by atoms with Gasteiger partial charge in [0.1, 0.15) is 0 Å². The van der Waals surface area contributed by atoms with E-state index in [1.165, 1.54) is 19.5 Å². The van der Waals surface area contributed by atoms with Crippen molar-refractivity contribution in [3.63, 3.8) is 0 Å². The Morgan fingerprint density at radius 1 is 1.11 bits per heavy atom. The minimum absolute atomic E-state index is 0. The molecule has 1 saturated heterocycles. The average Bonchev–Trinajstić information content (AvgIpc) is 1.16. The van der Waals surface area contributed by atoms with E-state index in [2.05, 4.69) is 20.8 Å². The van der Waals surface area contributed by atoms with Gasteiger partial charge in [-0.15, -0.1) is 0 Å². The van der Waals surface area contributed by atoms with Crippen molar-refractivity contribution in [2.45, 2.75) is 32.7 Å². The first-order valence-electron chi connectivity index (χ1n) is 3.46. The summed E-state index contributed by atoms with van der Waals surface area (Å²) in [5.41, 5.74) is 0.512. The lowest BCUT2D eigenvalue weighted by Gasteiger charge is -2.38. The van der Waals surface area contributed by atoms with Crippen molar-refractivity contribution in [3.8, 4) is 0 Å². The molecule has 0 unspecified atom stereocenters. The number of likely N-dealkylation sites (tertiary alicyclic amines) is 1. The highest BCUT2D eigenvalue weighted by atomic mass is 127. The summed E-state index contributed by atoms with van der Waals surface area (Å²) in [7, 11) is 0. The molecule has 1 nitrogen and oxygen atoms in total. The maximum absolute atomic E-state index is 2.31. The fourth-order valence-electron chi connectivity index (χ4n) is 1.10. The van der Waals surface area contributed by atoms with Crippen molar-refractivity contribution in [2.75, 3.05) is 13.1 Å². The lowest BCUT2D eigenvalue weighted by atomic mass is 10.0. The molecule has 0 atom stereocenters. The molecule has 0 amide bonds. The molecule has 1 aliphatic rings. The first-order valence-corrected chi connectivity index (χ1v) is 3.46. The molecule has 1 heterocycles. The van der Waals surface area contributed by atoms with E-state index < -0.39 is 0 Å². The second-order valence-electron chi connectivity index (χ2n) is 3.71. The molecule has 1 fully saturated rings. The van der Waals surface area contributed by atoms with Crippen LogP contribution in [0.15, 0.2) is 0 Å². The Labute approximate surface area is 74.8 Å². The third-order valence-corrected chi connectivity index (χ3v) is 2.02. The molecule has 1 rings (SSSR count). The first-order chi connectivity index (χ1) is 3.61. The molecule has 0 aromatic heterocycles. The van der Waals surface area contributed by atoms with Crippen LogP contribution in [0.25, 0.3) is 0 Å². The van der Waals surface area contributed by atoms with Gasteiger partial charge >= 0.3 is 0 Å². The summed E-state index contributed by atoms with van der Waals surface area (Å²) in [6.07, 6.45) is 1.44. The van der Waals surface area contributed by atoms with Crippen LogP contribution in [0, 0.1) is 0 Å². The van der Waals surface area contributed by atoms with Gasteiger partial charge in [0.25, 0.3) is 0 Å². The van der Waals surface area contributed by atoms with E-state index in [0.717, 1.165) is 0 Å². The van der Waals surface area contributed by atoms with E-state index >= 15 is 0 Å². The molecule has 9 heavy (non-hydrogen) atoms. The molecular formula is C7H16IN. The molecule has 0 aliphatic carbocycles. The fourth-order valence-corrected chi connectivity index (χ4v) is 1.10. The summed E-state index contributed by atoms with van der Waals surface area (Å²) in [6, 6.07) is 0. The topological polar surface area (TPSA) is 4.44 Å². The Morgan fingerprint density at radius 3 is 1.56 bits per heavy atom. The monoisotopic (exact) mass is 241 g/mol. The second-order valence-corrected chi connectivity index (χ2v) is 3.71. The zero-order chi connectivity index (χ0) is 6.20. The van der Waals surface area contributed by atoms with Crippen molar-refractivity contribution in [1.29, 1.82) is 0 Å². The largest absolute Gasteiger partial charge is 1.00 e. The highest BCUT2D eigenvalue weighted by Crippen LogP contribution is 1.96. The van der Waals surface area contributed by atoms with Crippen LogP contribution in [-0.4, -0.2) is 18.6 Å². The van der Waals surface area contributed by atoms with Crippen LogP contribution in [0.2, 0.25) is 0 Å². The van der Waals surface area contributed by atoms with E-state index in [0.29, 0.717) is 5.54 Å². The minimum atomic E-state index is 0. The number of rotatable bonds is 0. The third-order valence-electron chi connectivity index (χ3n) is 2.02. The normalized spacial score (nSPS) is 20.3. The number of halogens is 1. The predicted octanol–water partition coefficient (Wildman–Crippen LogP) is -2.92. The van der Waals surface area contributed by atoms with Crippen molar-refractivity contribution < 1.29 is 28.9 Å².